The summed E-state index contributed by atoms with van der Waals surface area (Å²) < 4.78 is 1.68. The third-order valence-electron chi connectivity index (χ3n) is 4.74. The molecular weight excluding hydrogens is 334 g/mol. The van der Waals surface area contributed by atoms with E-state index in [1.807, 2.05) is 31.5 Å². The third-order valence-corrected chi connectivity index (χ3v) is 5.68. The molecule has 0 unspecified atom stereocenters. The highest BCUT2D eigenvalue weighted by atomic mass is 32.1. The molecule has 0 saturated carbocycles. The molecule has 3 aromatic rings. The van der Waals surface area contributed by atoms with Gasteiger partial charge in [-0.3, -0.25) is 14.1 Å². The third kappa shape index (κ3) is 3.34. The fraction of sp³-hybridized carbons (Fsp3) is 0.444. The molecule has 1 saturated heterocycles. The molecule has 1 fully saturated rings. The van der Waals surface area contributed by atoms with Crippen molar-refractivity contribution in [3.8, 4) is 0 Å². The SMILES string of the molecule is Cc1nccc([C@@H]2CCCN(Cc3cc(=O)n4c(C)csc4n3)C2)n1. The Morgan fingerprint density at radius 1 is 1.32 bits per heavy atom. The van der Waals surface area contributed by atoms with E-state index in [4.69, 9.17) is 0 Å². The minimum absolute atomic E-state index is 0.0127. The zero-order valence-electron chi connectivity index (χ0n) is 14.5. The average molecular weight is 355 g/mol. The van der Waals surface area contributed by atoms with E-state index >= 15 is 0 Å². The number of hydrogen-bond donors (Lipinski definition) is 0. The standard InChI is InChI=1S/C18H21N5OS/c1-12-11-25-18-21-15(8-17(24)23(12)18)10-22-7-3-4-14(9-22)16-5-6-19-13(2)20-16/h5-6,8,11,14H,3-4,7,9-10H2,1-2H3/t14-/m1/s1. The summed E-state index contributed by atoms with van der Waals surface area (Å²) in [6.45, 7) is 6.56. The van der Waals surface area contributed by atoms with Crippen LogP contribution < -0.4 is 5.56 Å². The van der Waals surface area contributed by atoms with Gasteiger partial charge in [0.2, 0.25) is 0 Å². The highest BCUT2D eigenvalue weighted by molar-refractivity contribution is 7.15. The number of hydrogen-bond acceptors (Lipinski definition) is 6. The van der Waals surface area contributed by atoms with E-state index < -0.39 is 0 Å². The highest BCUT2D eigenvalue weighted by Crippen LogP contribution is 2.26. The van der Waals surface area contributed by atoms with Gasteiger partial charge in [-0.25, -0.2) is 15.0 Å². The van der Waals surface area contributed by atoms with Gasteiger partial charge in [-0.1, -0.05) is 0 Å². The molecule has 4 rings (SSSR count). The number of fused-ring (bicyclic) bond motifs is 1. The summed E-state index contributed by atoms with van der Waals surface area (Å²) in [6, 6.07) is 3.69. The lowest BCUT2D eigenvalue weighted by Crippen LogP contribution is -2.35. The molecule has 0 aromatic carbocycles. The topological polar surface area (TPSA) is 63.4 Å². The van der Waals surface area contributed by atoms with Gasteiger partial charge < -0.3 is 0 Å². The quantitative estimate of drug-likeness (QED) is 0.722. The summed E-state index contributed by atoms with van der Waals surface area (Å²) in [5.74, 6) is 1.24. The fourth-order valence-corrected chi connectivity index (χ4v) is 4.44. The van der Waals surface area contributed by atoms with E-state index in [1.54, 1.807) is 10.5 Å². The van der Waals surface area contributed by atoms with Gasteiger partial charge in [-0.05, 0) is 39.3 Å². The maximum absolute atomic E-state index is 12.3. The van der Waals surface area contributed by atoms with E-state index in [9.17, 15) is 4.79 Å². The lowest BCUT2D eigenvalue weighted by atomic mass is 9.94. The average Bonchev–Trinajstić information content (AvgIpc) is 2.96. The van der Waals surface area contributed by atoms with Crippen molar-refractivity contribution in [3.05, 3.63) is 57.0 Å². The Bertz CT molecular complexity index is 963. The molecule has 0 amide bonds. The number of nitrogens with zero attached hydrogens (tertiary/aromatic N) is 5. The Labute approximate surface area is 150 Å². The van der Waals surface area contributed by atoms with Crippen LogP contribution in [0, 0.1) is 13.8 Å². The van der Waals surface area contributed by atoms with Gasteiger partial charge >= 0.3 is 0 Å². The number of piperidine rings is 1. The zero-order valence-corrected chi connectivity index (χ0v) is 15.3. The molecule has 1 aliphatic heterocycles. The van der Waals surface area contributed by atoms with Crippen LogP contribution in [0.15, 0.2) is 28.5 Å². The molecule has 7 heteroatoms. The monoisotopic (exact) mass is 355 g/mol. The predicted octanol–water partition coefficient (Wildman–Crippen LogP) is 2.54. The summed E-state index contributed by atoms with van der Waals surface area (Å²) >= 11 is 1.52. The van der Waals surface area contributed by atoms with Crippen molar-refractivity contribution >= 4 is 16.3 Å². The van der Waals surface area contributed by atoms with E-state index in [2.05, 4.69) is 19.9 Å². The number of rotatable bonds is 3. The van der Waals surface area contributed by atoms with Crippen molar-refractivity contribution < 1.29 is 0 Å². The second-order valence-corrected chi connectivity index (χ2v) is 7.52. The first-order chi connectivity index (χ1) is 12.1. The lowest BCUT2D eigenvalue weighted by Gasteiger charge is -2.32. The summed E-state index contributed by atoms with van der Waals surface area (Å²) in [5.41, 5.74) is 2.93. The Kier molecular flexibility index (Phi) is 4.35. The molecule has 0 aliphatic carbocycles. The second-order valence-electron chi connectivity index (χ2n) is 6.68. The van der Waals surface area contributed by atoms with Crippen molar-refractivity contribution in [2.75, 3.05) is 13.1 Å². The minimum atomic E-state index is 0.0127. The predicted molar refractivity (Wildman–Crippen MR) is 98.1 cm³/mol. The van der Waals surface area contributed by atoms with Crippen LogP contribution in [0.25, 0.3) is 4.96 Å². The van der Waals surface area contributed by atoms with Crippen LogP contribution in [0.2, 0.25) is 0 Å². The minimum Gasteiger partial charge on any atom is -0.297 e. The number of likely N-dealkylation sites (tertiary alicyclic amines) is 1. The Balaban J connectivity index is 1.53. The van der Waals surface area contributed by atoms with Gasteiger partial charge in [-0.15, -0.1) is 11.3 Å². The van der Waals surface area contributed by atoms with Gasteiger partial charge in [-0.2, -0.15) is 0 Å². The molecule has 0 spiro atoms. The van der Waals surface area contributed by atoms with Gasteiger partial charge in [0.05, 0.1) is 5.69 Å². The smallest absolute Gasteiger partial charge is 0.259 e. The molecule has 0 radical (unpaired) electrons. The van der Waals surface area contributed by atoms with E-state index in [0.717, 1.165) is 53.8 Å². The van der Waals surface area contributed by atoms with Crippen LogP contribution in [0.3, 0.4) is 0 Å². The van der Waals surface area contributed by atoms with Crippen LogP contribution in [0.4, 0.5) is 0 Å². The first kappa shape index (κ1) is 16.4. The Morgan fingerprint density at radius 2 is 2.20 bits per heavy atom. The summed E-state index contributed by atoms with van der Waals surface area (Å²) in [4.78, 5) is 29.0. The molecule has 6 nitrogen and oxygen atoms in total. The van der Waals surface area contributed by atoms with Crippen LogP contribution in [-0.2, 0) is 6.54 Å². The Morgan fingerprint density at radius 3 is 3.04 bits per heavy atom. The molecule has 1 atom stereocenters. The lowest BCUT2D eigenvalue weighted by molar-refractivity contribution is 0.196. The van der Waals surface area contributed by atoms with Crippen molar-refractivity contribution in [3.63, 3.8) is 0 Å². The van der Waals surface area contributed by atoms with Gasteiger partial charge in [0, 0.05) is 48.0 Å². The molecule has 4 heterocycles. The maximum atomic E-state index is 12.3. The summed E-state index contributed by atoms with van der Waals surface area (Å²) in [5, 5.41) is 1.97. The molecule has 0 bridgehead atoms. The van der Waals surface area contributed by atoms with Crippen molar-refractivity contribution in [2.24, 2.45) is 0 Å². The largest absolute Gasteiger partial charge is 0.297 e. The highest BCUT2D eigenvalue weighted by Gasteiger charge is 2.23. The molecule has 3 aromatic heterocycles. The second kappa shape index (κ2) is 6.65. The number of aryl methyl sites for hydroxylation is 2. The molecule has 130 valence electrons. The summed E-state index contributed by atoms with van der Waals surface area (Å²) in [7, 11) is 0. The van der Waals surface area contributed by atoms with E-state index in [-0.39, 0.29) is 5.56 Å². The van der Waals surface area contributed by atoms with Gasteiger partial charge in [0.1, 0.15) is 5.82 Å². The van der Waals surface area contributed by atoms with Gasteiger partial charge in [0.25, 0.3) is 5.56 Å². The van der Waals surface area contributed by atoms with Gasteiger partial charge in [0.15, 0.2) is 4.96 Å². The molecule has 0 N–H and O–H groups in total. The molecular formula is C18H21N5OS. The molecule has 25 heavy (non-hydrogen) atoms. The van der Waals surface area contributed by atoms with Crippen LogP contribution in [-0.4, -0.2) is 37.3 Å². The first-order valence-electron chi connectivity index (χ1n) is 8.59. The van der Waals surface area contributed by atoms with E-state index in [1.165, 1.54) is 11.3 Å². The van der Waals surface area contributed by atoms with Crippen molar-refractivity contribution in [1.82, 2.24) is 24.3 Å². The van der Waals surface area contributed by atoms with Crippen LogP contribution in [0.1, 0.15) is 41.7 Å². The number of thiazole rings is 1. The summed E-state index contributed by atoms with van der Waals surface area (Å²) in [6.07, 6.45) is 4.12. The van der Waals surface area contributed by atoms with Crippen molar-refractivity contribution in [2.45, 2.75) is 39.2 Å². The van der Waals surface area contributed by atoms with Crippen LogP contribution >= 0.6 is 11.3 Å². The van der Waals surface area contributed by atoms with E-state index in [0.29, 0.717) is 12.5 Å². The first-order valence-corrected chi connectivity index (χ1v) is 9.47. The van der Waals surface area contributed by atoms with Crippen LogP contribution in [0.5, 0.6) is 0 Å². The fourth-order valence-electron chi connectivity index (χ4n) is 3.55. The van der Waals surface area contributed by atoms with Crippen molar-refractivity contribution in [1.29, 1.82) is 0 Å². The maximum Gasteiger partial charge on any atom is 0.259 e. The number of aromatic nitrogens is 4. The normalized spacial score (nSPS) is 18.7. The molecule has 1 aliphatic rings. The zero-order chi connectivity index (χ0) is 17.4. The Hall–Kier alpha value is -2.12.